The van der Waals surface area contributed by atoms with Gasteiger partial charge in [-0.2, -0.15) is 5.26 Å². The third-order valence-corrected chi connectivity index (χ3v) is 4.09. The first-order chi connectivity index (χ1) is 7.81. The first kappa shape index (κ1) is 12.2. The van der Waals surface area contributed by atoms with Gasteiger partial charge in [0.2, 0.25) is 0 Å². The van der Waals surface area contributed by atoms with Crippen molar-refractivity contribution in [2.45, 2.75) is 51.9 Å². The molecule has 0 aliphatic heterocycles. The summed E-state index contributed by atoms with van der Waals surface area (Å²) in [6.07, 6.45) is 1.01. The minimum absolute atomic E-state index is 0.150. The lowest BCUT2D eigenvalue weighted by Crippen LogP contribution is -2.15. The summed E-state index contributed by atoms with van der Waals surface area (Å²) in [5.74, 6) is 0.501. The van der Waals surface area contributed by atoms with Crippen molar-refractivity contribution in [1.82, 2.24) is 0 Å². The molecule has 0 bridgehead atoms. The molecule has 0 radical (unpaired) electrons. The average Bonchev–Trinajstić information content (AvgIpc) is 2.89. The highest BCUT2D eigenvalue weighted by Crippen LogP contribution is 2.54. The van der Waals surface area contributed by atoms with Gasteiger partial charge in [-0.15, -0.1) is 0 Å². The van der Waals surface area contributed by atoms with E-state index in [-0.39, 0.29) is 10.8 Å². The topological polar surface area (TPSA) is 23.8 Å². The second kappa shape index (κ2) is 3.60. The van der Waals surface area contributed by atoms with Gasteiger partial charge in [0.25, 0.3) is 0 Å². The molecule has 2 atom stereocenters. The first-order valence-electron chi connectivity index (χ1n) is 6.34. The van der Waals surface area contributed by atoms with Crippen LogP contribution in [-0.4, -0.2) is 0 Å². The van der Waals surface area contributed by atoms with Crippen LogP contribution >= 0.6 is 0 Å². The number of nitriles is 1. The van der Waals surface area contributed by atoms with Gasteiger partial charge in [0.15, 0.2) is 0 Å². The van der Waals surface area contributed by atoms with E-state index >= 15 is 0 Å². The van der Waals surface area contributed by atoms with Crippen LogP contribution in [0.3, 0.4) is 0 Å². The Labute approximate surface area is 104 Å². The highest BCUT2D eigenvalue weighted by Gasteiger charge is 2.53. The van der Waals surface area contributed by atoms with Gasteiger partial charge < -0.3 is 0 Å². The SMILES string of the molecule is Cc1ccc(C(C)(C)C)cc1C1(C#N)CC1C. The van der Waals surface area contributed by atoms with Crippen LogP contribution in [0.2, 0.25) is 0 Å². The van der Waals surface area contributed by atoms with Crippen LogP contribution < -0.4 is 0 Å². The third-order valence-electron chi connectivity index (χ3n) is 4.09. The maximum atomic E-state index is 9.45. The summed E-state index contributed by atoms with van der Waals surface area (Å²) >= 11 is 0. The Balaban J connectivity index is 2.53. The third kappa shape index (κ3) is 1.86. The van der Waals surface area contributed by atoms with Crippen molar-refractivity contribution in [2.75, 3.05) is 0 Å². The lowest BCUT2D eigenvalue weighted by molar-refractivity contribution is 0.587. The zero-order valence-corrected chi connectivity index (χ0v) is 11.5. The summed E-state index contributed by atoms with van der Waals surface area (Å²) in [5, 5.41) is 9.45. The Morgan fingerprint density at radius 2 is 1.94 bits per heavy atom. The van der Waals surface area contributed by atoms with Crippen LogP contribution in [0.5, 0.6) is 0 Å². The number of hydrogen-bond donors (Lipinski definition) is 0. The molecular formula is C16H21N. The second-order valence-corrected chi connectivity index (χ2v) is 6.47. The van der Waals surface area contributed by atoms with E-state index in [0.717, 1.165) is 6.42 Å². The average molecular weight is 227 g/mol. The van der Waals surface area contributed by atoms with E-state index in [4.69, 9.17) is 0 Å². The molecule has 1 saturated carbocycles. The first-order valence-corrected chi connectivity index (χ1v) is 6.34. The van der Waals surface area contributed by atoms with E-state index < -0.39 is 0 Å². The number of benzene rings is 1. The van der Waals surface area contributed by atoms with Crippen molar-refractivity contribution in [3.05, 3.63) is 34.9 Å². The fraction of sp³-hybridized carbons (Fsp3) is 0.562. The van der Waals surface area contributed by atoms with Crippen LogP contribution in [0, 0.1) is 24.2 Å². The van der Waals surface area contributed by atoms with Crippen molar-refractivity contribution in [3.63, 3.8) is 0 Å². The molecule has 0 heterocycles. The fourth-order valence-electron chi connectivity index (χ4n) is 2.58. The molecule has 1 aromatic rings. The Bertz CT molecular complexity index is 487. The summed E-state index contributed by atoms with van der Waals surface area (Å²) < 4.78 is 0. The lowest BCUT2D eigenvalue weighted by Gasteiger charge is -2.22. The van der Waals surface area contributed by atoms with Crippen LogP contribution in [0.25, 0.3) is 0 Å². The zero-order chi connectivity index (χ0) is 12.8. The van der Waals surface area contributed by atoms with Gasteiger partial charge in [0.05, 0.1) is 11.5 Å². The molecule has 1 aromatic carbocycles. The Kier molecular flexibility index (Phi) is 2.58. The molecule has 17 heavy (non-hydrogen) atoms. The minimum Gasteiger partial charge on any atom is -0.197 e. The highest BCUT2D eigenvalue weighted by atomic mass is 14.6. The molecule has 0 aromatic heterocycles. The minimum atomic E-state index is -0.203. The molecule has 0 amide bonds. The quantitative estimate of drug-likeness (QED) is 0.708. The Morgan fingerprint density at radius 3 is 2.35 bits per heavy atom. The molecule has 1 aliphatic rings. The van der Waals surface area contributed by atoms with Crippen molar-refractivity contribution in [2.24, 2.45) is 5.92 Å². The molecule has 0 saturated heterocycles. The van der Waals surface area contributed by atoms with Crippen LogP contribution in [-0.2, 0) is 10.8 Å². The van der Waals surface area contributed by atoms with E-state index in [0.29, 0.717) is 5.92 Å². The Morgan fingerprint density at radius 1 is 1.35 bits per heavy atom. The fourth-order valence-corrected chi connectivity index (χ4v) is 2.58. The van der Waals surface area contributed by atoms with Gasteiger partial charge in [-0.05, 0) is 41.4 Å². The van der Waals surface area contributed by atoms with Crippen molar-refractivity contribution in [3.8, 4) is 6.07 Å². The normalized spacial score (nSPS) is 27.6. The van der Waals surface area contributed by atoms with Gasteiger partial charge >= 0.3 is 0 Å². The number of aryl methyl sites for hydroxylation is 1. The number of nitrogens with zero attached hydrogens (tertiary/aromatic N) is 1. The number of hydrogen-bond acceptors (Lipinski definition) is 1. The summed E-state index contributed by atoms with van der Waals surface area (Å²) in [5.41, 5.74) is 3.78. The maximum absolute atomic E-state index is 9.45. The van der Waals surface area contributed by atoms with E-state index in [1.54, 1.807) is 0 Å². The van der Waals surface area contributed by atoms with E-state index in [9.17, 15) is 5.26 Å². The van der Waals surface area contributed by atoms with E-state index in [1.807, 2.05) is 0 Å². The highest BCUT2D eigenvalue weighted by molar-refractivity contribution is 5.48. The molecule has 2 rings (SSSR count). The lowest BCUT2D eigenvalue weighted by atomic mass is 9.82. The molecule has 1 nitrogen and oxygen atoms in total. The van der Waals surface area contributed by atoms with Gasteiger partial charge in [0, 0.05) is 0 Å². The van der Waals surface area contributed by atoms with Crippen molar-refractivity contribution >= 4 is 0 Å². The monoisotopic (exact) mass is 227 g/mol. The van der Waals surface area contributed by atoms with Gasteiger partial charge in [-0.25, -0.2) is 0 Å². The molecule has 1 fully saturated rings. The summed E-state index contributed by atoms with van der Waals surface area (Å²) in [7, 11) is 0. The van der Waals surface area contributed by atoms with Crippen LogP contribution in [0.15, 0.2) is 18.2 Å². The second-order valence-electron chi connectivity index (χ2n) is 6.47. The van der Waals surface area contributed by atoms with Crippen LogP contribution in [0.1, 0.15) is 50.8 Å². The standard InChI is InChI=1S/C16H21N/c1-11-6-7-13(15(3,4)5)8-14(11)16(10-17)9-12(16)2/h6-8,12H,9H2,1-5H3. The zero-order valence-electron chi connectivity index (χ0n) is 11.5. The molecule has 0 N–H and O–H groups in total. The number of rotatable bonds is 1. The Hall–Kier alpha value is -1.29. The van der Waals surface area contributed by atoms with Crippen molar-refractivity contribution in [1.29, 1.82) is 5.26 Å². The van der Waals surface area contributed by atoms with E-state index in [2.05, 4.69) is 58.9 Å². The predicted molar refractivity (Wildman–Crippen MR) is 71.0 cm³/mol. The summed E-state index contributed by atoms with van der Waals surface area (Å²) in [4.78, 5) is 0. The molecule has 2 unspecified atom stereocenters. The summed E-state index contributed by atoms with van der Waals surface area (Å²) in [6, 6.07) is 9.15. The largest absolute Gasteiger partial charge is 0.197 e. The van der Waals surface area contributed by atoms with E-state index in [1.165, 1.54) is 16.7 Å². The molecule has 1 heteroatoms. The molecule has 1 aliphatic carbocycles. The molecule has 90 valence electrons. The van der Waals surface area contributed by atoms with Gasteiger partial charge in [0.1, 0.15) is 0 Å². The van der Waals surface area contributed by atoms with Gasteiger partial charge in [-0.1, -0.05) is 45.9 Å². The van der Waals surface area contributed by atoms with Crippen molar-refractivity contribution < 1.29 is 0 Å². The molecular weight excluding hydrogens is 206 g/mol. The van der Waals surface area contributed by atoms with Crippen LogP contribution in [0.4, 0.5) is 0 Å². The predicted octanol–water partition coefficient (Wildman–Crippen LogP) is 4.09. The summed E-state index contributed by atoms with van der Waals surface area (Å²) in [6.45, 7) is 10.9. The maximum Gasteiger partial charge on any atom is 0.0854 e. The van der Waals surface area contributed by atoms with Gasteiger partial charge in [-0.3, -0.25) is 0 Å². The molecule has 0 spiro atoms. The smallest absolute Gasteiger partial charge is 0.0854 e.